The van der Waals surface area contributed by atoms with Gasteiger partial charge in [0.1, 0.15) is 0 Å². The van der Waals surface area contributed by atoms with E-state index in [-0.39, 0.29) is 0 Å². The van der Waals surface area contributed by atoms with Crippen LogP contribution in [0, 0.1) is 0 Å². The van der Waals surface area contributed by atoms with Crippen LogP contribution in [0.5, 0.6) is 0 Å². The summed E-state index contributed by atoms with van der Waals surface area (Å²) in [4.78, 5) is 15.0. The number of rotatable bonds is 7. The van der Waals surface area contributed by atoms with Crippen molar-refractivity contribution in [2.75, 3.05) is 0 Å². The molecule has 3 nitrogen and oxygen atoms in total. The lowest BCUT2D eigenvalue weighted by Crippen LogP contribution is -1.95. The summed E-state index contributed by atoms with van der Waals surface area (Å²) < 4.78 is 0. The smallest absolute Gasteiger partial charge is 0.160 e. The quantitative estimate of drug-likeness (QED) is 0.179. The maximum absolute atomic E-state index is 5.09. The van der Waals surface area contributed by atoms with E-state index in [1.165, 1.54) is 5.56 Å². The highest BCUT2D eigenvalue weighted by Gasteiger charge is 2.12. The van der Waals surface area contributed by atoms with Gasteiger partial charge < -0.3 is 0 Å². The van der Waals surface area contributed by atoms with E-state index in [9.17, 15) is 0 Å². The predicted octanol–water partition coefficient (Wildman–Crippen LogP) is 11.5. The zero-order chi connectivity index (χ0) is 32.1. The second-order valence-corrected chi connectivity index (χ2v) is 11.7. The number of aromatic nitrogens is 3. The van der Waals surface area contributed by atoms with Gasteiger partial charge in [-0.15, -0.1) is 0 Å². The molecule has 0 saturated heterocycles. The molecule has 6 aromatic carbocycles. The molecule has 0 unspecified atom stereocenters. The fourth-order valence-electron chi connectivity index (χ4n) is 5.97. The molecule has 0 amide bonds. The first-order valence-corrected chi connectivity index (χ1v) is 16.1. The first-order chi connectivity index (χ1) is 23.8. The van der Waals surface area contributed by atoms with Crippen molar-refractivity contribution in [1.82, 2.24) is 15.0 Å². The van der Waals surface area contributed by atoms with E-state index >= 15 is 0 Å². The molecule has 0 radical (unpaired) electrons. The van der Waals surface area contributed by atoms with Crippen molar-refractivity contribution in [2.45, 2.75) is 0 Å². The number of hydrogen-bond acceptors (Lipinski definition) is 3. The highest BCUT2D eigenvalue weighted by atomic mass is 14.9. The number of nitrogens with zero attached hydrogens (tertiary/aromatic N) is 3. The van der Waals surface area contributed by atoms with Crippen molar-refractivity contribution in [3.63, 3.8) is 0 Å². The van der Waals surface area contributed by atoms with Crippen LogP contribution in [0.4, 0.5) is 0 Å². The third kappa shape index (κ3) is 6.18. The van der Waals surface area contributed by atoms with Gasteiger partial charge in [0.2, 0.25) is 0 Å². The van der Waals surface area contributed by atoms with Gasteiger partial charge in [-0.25, -0.2) is 15.0 Å². The molecule has 0 N–H and O–H groups in total. The molecule has 0 aliphatic rings. The molecule has 0 spiro atoms. The SMILES string of the molecule is c1ccc(-c2cc(-c3ccccc3)nc(-c3ccc(-c4ccc(-c5cc(-c6ccccc6)nc(-c6ccccc6)n5)cc4)cc3)c2)cc1. The van der Waals surface area contributed by atoms with Crippen LogP contribution in [0.15, 0.2) is 188 Å². The Balaban J connectivity index is 1.11. The van der Waals surface area contributed by atoms with Crippen molar-refractivity contribution in [3.8, 4) is 78.7 Å². The summed E-state index contributed by atoms with van der Waals surface area (Å²) >= 11 is 0. The maximum atomic E-state index is 5.09. The average molecular weight is 614 g/mol. The van der Waals surface area contributed by atoms with Gasteiger partial charge in [-0.05, 0) is 40.5 Å². The highest BCUT2D eigenvalue weighted by Crippen LogP contribution is 2.33. The third-order valence-electron chi connectivity index (χ3n) is 8.52. The fourth-order valence-corrected chi connectivity index (χ4v) is 5.97. The van der Waals surface area contributed by atoms with Gasteiger partial charge in [-0.3, -0.25) is 0 Å². The van der Waals surface area contributed by atoms with E-state index in [2.05, 4.69) is 140 Å². The normalized spacial score (nSPS) is 10.9. The maximum Gasteiger partial charge on any atom is 0.160 e. The van der Waals surface area contributed by atoms with E-state index in [0.717, 1.165) is 67.3 Å². The number of benzene rings is 6. The molecule has 226 valence electrons. The van der Waals surface area contributed by atoms with Crippen LogP contribution in [0.1, 0.15) is 0 Å². The average Bonchev–Trinajstić information content (AvgIpc) is 3.19. The topological polar surface area (TPSA) is 38.7 Å². The molecule has 0 aliphatic carbocycles. The van der Waals surface area contributed by atoms with Gasteiger partial charge in [0.25, 0.3) is 0 Å². The Morgan fingerprint density at radius 2 is 0.500 bits per heavy atom. The minimum absolute atomic E-state index is 0.715. The first kappa shape index (κ1) is 29.0. The molecule has 8 aromatic rings. The van der Waals surface area contributed by atoms with Crippen LogP contribution < -0.4 is 0 Å². The van der Waals surface area contributed by atoms with Crippen LogP contribution in [-0.4, -0.2) is 15.0 Å². The molecule has 0 atom stereocenters. The fraction of sp³-hybridized carbons (Fsp3) is 0. The molecular weight excluding hydrogens is 583 g/mol. The van der Waals surface area contributed by atoms with Crippen LogP contribution in [0.25, 0.3) is 78.7 Å². The van der Waals surface area contributed by atoms with E-state index in [0.29, 0.717) is 5.82 Å². The molecule has 8 rings (SSSR count). The van der Waals surface area contributed by atoms with Gasteiger partial charge in [0, 0.05) is 27.8 Å². The first-order valence-electron chi connectivity index (χ1n) is 16.1. The highest BCUT2D eigenvalue weighted by molar-refractivity contribution is 5.79. The second kappa shape index (κ2) is 13.1. The molecular formula is C45H31N3. The number of pyridine rings is 1. The van der Waals surface area contributed by atoms with Crippen LogP contribution in [-0.2, 0) is 0 Å². The largest absolute Gasteiger partial charge is 0.248 e. The Kier molecular flexibility index (Phi) is 7.92. The Morgan fingerprint density at radius 3 is 0.917 bits per heavy atom. The number of hydrogen-bond donors (Lipinski definition) is 0. The predicted molar refractivity (Wildman–Crippen MR) is 198 cm³/mol. The van der Waals surface area contributed by atoms with Crippen molar-refractivity contribution < 1.29 is 0 Å². The van der Waals surface area contributed by atoms with Crippen molar-refractivity contribution in [3.05, 3.63) is 188 Å². The second-order valence-electron chi connectivity index (χ2n) is 11.7. The Bertz CT molecular complexity index is 2000. The van der Waals surface area contributed by atoms with Crippen molar-refractivity contribution in [2.24, 2.45) is 0 Å². The Morgan fingerprint density at radius 1 is 0.208 bits per heavy atom. The standard InChI is InChI=1S/C45H31N3/c1-5-13-32(14-6-1)40-29-41(35-15-7-2-8-16-35)46-42(30-40)37-25-21-33(22-26-37)34-23-27-38(28-24-34)44-31-43(36-17-9-3-10-18-36)47-45(48-44)39-19-11-4-12-20-39/h1-31H. The lowest BCUT2D eigenvalue weighted by Gasteiger charge is -2.11. The lowest BCUT2D eigenvalue weighted by atomic mass is 9.98. The summed E-state index contributed by atoms with van der Waals surface area (Å²) in [5, 5.41) is 0. The summed E-state index contributed by atoms with van der Waals surface area (Å²) in [6.45, 7) is 0. The van der Waals surface area contributed by atoms with Crippen molar-refractivity contribution >= 4 is 0 Å². The van der Waals surface area contributed by atoms with Gasteiger partial charge in [0.05, 0.1) is 22.8 Å². The zero-order valence-corrected chi connectivity index (χ0v) is 26.2. The van der Waals surface area contributed by atoms with Crippen LogP contribution >= 0.6 is 0 Å². The summed E-state index contributed by atoms with van der Waals surface area (Å²) in [5.41, 5.74) is 13.6. The molecule has 3 heteroatoms. The summed E-state index contributed by atoms with van der Waals surface area (Å²) in [7, 11) is 0. The summed E-state index contributed by atoms with van der Waals surface area (Å²) in [6.07, 6.45) is 0. The minimum Gasteiger partial charge on any atom is -0.248 e. The molecule has 0 saturated carbocycles. The summed E-state index contributed by atoms with van der Waals surface area (Å²) in [5.74, 6) is 0.715. The van der Waals surface area contributed by atoms with Crippen molar-refractivity contribution in [1.29, 1.82) is 0 Å². The molecule has 48 heavy (non-hydrogen) atoms. The Hall–Kier alpha value is -6.45. The minimum atomic E-state index is 0.715. The van der Waals surface area contributed by atoms with E-state index in [4.69, 9.17) is 15.0 Å². The van der Waals surface area contributed by atoms with Crippen LogP contribution in [0.2, 0.25) is 0 Å². The summed E-state index contributed by atoms with van der Waals surface area (Å²) in [6, 6.07) is 65.0. The van der Waals surface area contributed by atoms with Gasteiger partial charge in [0.15, 0.2) is 5.82 Å². The van der Waals surface area contributed by atoms with Crippen LogP contribution in [0.3, 0.4) is 0 Å². The van der Waals surface area contributed by atoms with E-state index < -0.39 is 0 Å². The zero-order valence-electron chi connectivity index (χ0n) is 26.2. The van der Waals surface area contributed by atoms with E-state index in [1.54, 1.807) is 0 Å². The lowest BCUT2D eigenvalue weighted by molar-refractivity contribution is 1.18. The Labute approximate surface area is 280 Å². The van der Waals surface area contributed by atoms with Gasteiger partial charge in [-0.1, -0.05) is 170 Å². The van der Waals surface area contributed by atoms with E-state index in [1.807, 2.05) is 48.5 Å². The molecule has 0 aliphatic heterocycles. The third-order valence-corrected chi connectivity index (χ3v) is 8.52. The van der Waals surface area contributed by atoms with Gasteiger partial charge in [-0.2, -0.15) is 0 Å². The molecule has 2 aromatic heterocycles. The van der Waals surface area contributed by atoms with Gasteiger partial charge >= 0.3 is 0 Å². The molecule has 2 heterocycles. The molecule has 0 bridgehead atoms. The monoisotopic (exact) mass is 613 g/mol. The molecule has 0 fully saturated rings.